The number of hydrogen-bond donors (Lipinski definition) is 4. The molecule has 5 atom stereocenters. The number of alkyl halides is 3. The number of fused-ring (bicyclic) bond motifs is 2. The largest absolute Gasteiger partial charge is 0.496 e. The number of ether oxygens (including phenoxy) is 2. The molecule has 1 aliphatic carbocycles. The van der Waals surface area contributed by atoms with E-state index < -0.39 is 82.5 Å². The highest BCUT2D eigenvalue weighted by molar-refractivity contribution is 5.97. The molecule has 0 aromatic heterocycles. The van der Waals surface area contributed by atoms with E-state index in [0.29, 0.717) is 25.3 Å². The van der Waals surface area contributed by atoms with Gasteiger partial charge in [0.05, 0.1) is 12.7 Å². The number of alkyl carbamates (subject to hydrolysis) is 1. The van der Waals surface area contributed by atoms with Crippen molar-refractivity contribution in [2.45, 2.75) is 101 Å². The quantitative estimate of drug-likeness (QED) is 0.345. The summed E-state index contributed by atoms with van der Waals surface area (Å²) in [4.78, 5) is 67.1. The Hall–Kier alpha value is -4.30. The molecule has 12 nitrogen and oxygen atoms in total. The highest BCUT2D eigenvalue weighted by Gasteiger charge is 2.61. The second-order valence-electron chi connectivity index (χ2n) is 13.2. The molecule has 1 aromatic carbocycles. The van der Waals surface area contributed by atoms with Crippen LogP contribution in [0, 0.1) is 5.92 Å². The van der Waals surface area contributed by atoms with Gasteiger partial charge in [-0.1, -0.05) is 25.0 Å². The summed E-state index contributed by atoms with van der Waals surface area (Å²) >= 11 is 0. The van der Waals surface area contributed by atoms with Crippen LogP contribution >= 0.6 is 0 Å². The van der Waals surface area contributed by atoms with Crippen molar-refractivity contribution in [1.82, 2.24) is 20.9 Å². The summed E-state index contributed by atoms with van der Waals surface area (Å²) in [6.45, 7) is 4.77. The van der Waals surface area contributed by atoms with Crippen molar-refractivity contribution in [3.63, 3.8) is 0 Å². The molecule has 4 rings (SSSR count). The number of carboxylic acid groups (broad SMARTS) is 1. The summed E-state index contributed by atoms with van der Waals surface area (Å²) in [5.41, 5.74) is -3.89. The Kier molecular flexibility index (Phi) is 10.5. The minimum Gasteiger partial charge on any atom is -0.496 e. The van der Waals surface area contributed by atoms with Crippen molar-refractivity contribution >= 4 is 29.8 Å². The van der Waals surface area contributed by atoms with Crippen LogP contribution in [0.1, 0.15) is 81.6 Å². The highest BCUT2D eigenvalue weighted by atomic mass is 19.4. The van der Waals surface area contributed by atoms with E-state index >= 15 is 0 Å². The summed E-state index contributed by atoms with van der Waals surface area (Å²) in [5.74, 6) is -4.42. The molecule has 1 saturated heterocycles. The Labute approximate surface area is 270 Å². The van der Waals surface area contributed by atoms with Gasteiger partial charge in [-0.3, -0.25) is 14.4 Å². The molecule has 4 amide bonds. The third-order valence-corrected chi connectivity index (χ3v) is 8.45. The molecular formula is C32H41F3N4O8. The van der Waals surface area contributed by atoms with E-state index in [-0.39, 0.29) is 31.4 Å². The maximum absolute atomic E-state index is 14.0. The molecule has 0 radical (unpaired) electrons. The van der Waals surface area contributed by atoms with E-state index in [4.69, 9.17) is 9.47 Å². The maximum atomic E-state index is 14.0. The number of benzene rings is 1. The van der Waals surface area contributed by atoms with E-state index in [0.717, 1.165) is 25.7 Å². The molecule has 0 unspecified atom stereocenters. The monoisotopic (exact) mass is 666 g/mol. The predicted octanol–water partition coefficient (Wildman–Crippen LogP) is 3.79. The number of carboxylic acids is 1. The molecule has 0 bridgehead atoms. The van der Waals surface area contributed by atoms with Crippen molar-refractivity contribution in [1.29, 1.82) is 0 Å². The van der Waals surface area contributed by atoms with Gasteiger partial charge in [0.2, 0.25) is 11.8 Å². The molecule has 2 heterocycles. The number of hydrogen-bond acceptors (Lipinski definition) is 7. The number of allylic oxidation sites excluding steroid dienone is 1. The lowest BCUT2D eigenvalue weighted by atomic mass is 10.0. The zero-order chi connectivity index (χ0) is 34.7. The van der Waals surface area contributed by atoms with E-state index in [1.807, 2.05) is 6.08 Å². The number of methoxy groups -OCH3 is 1. The van der Waals surface area contributed by atoms with Crippen LogP contribution in [0.15, 0.2) is 30.4 Å². The third kappa shape index (κ3) is 8.55. The van der Waals surface area contributed by atoms with Crippen LogP contribution in [-0.4, -0.2) is 82.7 Å². The van der Waals surface area contributed by atoms with E-state index in [9.17, 15) is 42.3 Å². The molecule has 3 aliphatic rings. The normalized spacial score (nSPS) is 27.6. The van der Waals surface area contributed by atoms with Crippen LogP contribution in [0.5, 0.6) is 5.75 Å². The lowest BCUT2D eigenvalue weighted by molar-refractivity contribution is -0.145. The zero-order valence-corrected chi connectivity index (χ0v) is 26.7. The van der Waals surface area contributed by atoms with Gasteiger partial charge < -0.3 is 35.4 Å². The first-order chi connectivity index (χ1) is 21.9. The average Bonchev–Trinajstić information content (AvgIpc) is 3.51. The van der Waals surface area contributed by atoms with Gasteiger partial charge in [-0.15, -0.1) is 0 Å². The standard InChI is InChI=1S/C32H41F3N4O8/c1-30(2,3)47-29(45)37-22-11-9-7-5-6-8-10-19-16-31(19,28(43)44)38-26(41)23-15-20(17-39(23)27(22)42)36-25(40)18-12-13-24(46-4)21(14-18)32(33,34)35/h8,10,12-14,19-20,22-23H,5-7,9,11,15-17H2,1-4H3,(H,36,40)(H,37,45)(H,38,41)(H,43,44)/b10-8-/t19-,20+,22-,23-,31+/m0/s1. The molecular weight excluding hydrogens is 625 g/mol. The van der Waals surface area contributed by atoms with E-state index in [2.05, 4.69) is 16.0 Å². The topological polar surface area (TPSA) is 163 Å². The number of carbonyl (C=O) groups is 5. The van der Waals surface area contributed by atoms with Crippen LogP contribution in [0.2, 0.25) is 0 Å². The molecule has 0 spiro atoms. The second kappa shape index (κ2) is 13.8. The number of nitrogens with one attached hydrogen (secondary N) is 3. The molecule has 1 aromatic rings. The fourth-order valence-corrected chi connectivity index (χ4v) is 5.99. The SMILES string of the molecule is COc1ccc(C(=O)N[C@@H]2C[C@H]3C(=O)N[C@]4(C(=O)O)C[C@@H]4/C=C\CCCCC[C@H](NC(=O)OC(C)(C)C)C(=O)N3C2)cc1C(F)(F)F. The molecule has 1 saturated carbocycles. The van der Waals surface area contributed by atoms with Crippen LogP contribution in [0.4, 0.5) is 18.0 Å². The summed E-state index contributed by atoms with van der Waals surface area (Å²) in [5, 5.41) is 17.8. The van der Waals surface area contributed by atoms with Gasteiger partial charge in [-0.2, -0.15) is 13.2 Å². The fraction of sp³-hybridized carbons (Fsp3) is 0.594. The third-order valence-electron chi connectivity index (χ3n) is 8.45. The molecule has 15 heteroatoms. The van der Waals surface area contributed by atoms with Crippen molar-refractivity contribution < 1.29 is 51.7 Å². The van der Waals surface area contributed by atoms with Crippen LogP contribution in [0.25, 0.3) is 0 Å². The van der Waals surface area contributed by atoms with Gasteiger partial charge in [0.25, 0.3) is 5.91 Å². The number of nitrogens with zero attached hydrogens (tertiary/aromatic N) is 1. The Bertz CT molecular complexity index is 1430. The van der Waals surface area contributed by atoms with Gasteiger partial charge >= 0.3 is 18.2 Å². The number of amides is 4. The van der Waals surface area contributed by atoms with Crippen molar-refractivity contribution in [2.75, 3.05) is 13.7 Å². The van der Waals surface area contributed by atoms with Gasteiger partial charge in [-0.25, -0.2) is 9.59 Å². The lowest BCUT2D eigenvalue weighted by Crippen LogP contribution is -2.56. The predicted molar refractivity (Wildman–Crippen MR) is 161 cm³/mol. The Morgan fingerprint density at radius 1 is 1.09 bits per heavy atom. The zero-order valence-electron chi connectivity index (χ0n) is 26.7. The number of aliphatic carboxylic acids is 1. The number of halogens is 3. The highest BCUT2D eigenvalue weighted by Crippen LogP contribution is 2.45. The summed E-state index contributed by atoms with van der Waals surface area (Å²) < 4.78 is 50.9. The van der Waals surface area contributed by atoms with Crippen LogP contribution in [-0.2, 0) is 25.3 Å². The Morgan fingerprint density at radius 3 is 2.45 bits per heavy atom. The van der Waals surface area contributed by atoms with Crippen LogP contribution < -0.4 is 20.7 Å². The van der Waals surface area contributed by atoms with Gasteiger partial charge in [0, 0.05) is 24.1 Å². The minimum absolute atomic E-state index is 0.152. The molecule has 2 fully saturated rings. The smallest absolute Gasteiger partial charge is 0.419 e. The van der Waals surface area contributed by atoms with E-state index in [1.54, 1.807) is 26.8 Å². The van der Waals surface area contributed by atoms with Crippen LogP contribution in [0.3, 0.4) is 0 Å². The average molecular weight is 667 g/mol. The van der Waals surface area contributed by atoms with Crippen molar-refractivity contribution in [2.24, 2.45) is 5.92 Å². The van der Waals surface area contributed by atoms with Crippen molar-refractivity contribution in [3.05, 3.63) is 41.5 Å². The fourth-order valence-electron chi connectivity index (χ4n) is 5.99. The lowest BCUT2D eigenvalue weighted by Gasteiger charge is -2.30. The second-order valence-corrected chi connectivity index (χ2v) is 13.2. The first-order valence-electron chi connectivity index (χ1n) is 15.5. The summed E-state index contributed by atoms with van der Waals surface area (Å²) in [6, 6.07) is -0.411. The number of carbonyl (C=O) groups excluding carboxylic acids is 4. The number of rotatable bonds is 5. The molecule has 258 valence electrons. The summed E-state index contributed by atoms with van der Waals surface area (Å²) in [7, 11) is 1.07. The Balaban J connectivity index is 1.62. The first kappa shape index (κ1) is 35.6. The summed E-state index contributed by atoms with van der Waals surface area (Å²) in [6.07, 6.45) is 0.918. The molecule has 4 N–H and O–H groups in total. The van der Waals surface area contributed by atoms with E-state index in [1.165, 1.54) is 4.90 Å². The van der Waals surface area contributed by atoms with Gasteiger partial charge in [0.15, 0.2) is 0 Å². The maximum Gasteiger partial charge on any atom is 0.419 e. The van der Waals surface area contributed by atoms with Gasteiger partial charge in [-0.05, 0) is 71.1 Å². The Morgan fingerprint density at radius 2 is 1.81 bits per heavy atom. The van der Waals surface area contributed by atoms with Crippen molar-refractivity contribution in [3.8, 4) is 5.75 Å². The molecule has 47 heavy (non-hydrogen) atoms. The first-order valence-corrected chi connectivity index (χ1v) is 15.5. The van der Waals surface area contributed by atoms with Gasteiger partial charge in [0.1, 0.15) is 29.0 Å². The molecule has 2 aliphatic heterocycles. The minimum atomic E-state index is -4.80.